The Balaban J connectivity index is 3.09. The summed E-state index contributed by atoms with van der Waals surface area (Å²) in [5.41, 5.74) is 1.94. The van der Waals surface area contributed by atoms with Gasteiger partial charge in [-0.05, 0) is 29.2 Å². The number of benzene rings is 1. The van der Waals surface area contributed by atoms with Gasteiger partial charge in [-0.2, -0.15) is 0 Å². The van der Waals surface area contributed by atoms with Gasteiger partial charge in [0.05, 0.1) is 13.7 Å². The molecule has 0 aliphatic carbocycles. The molecular weight excluding hydrogens is 268 g/mol. The highest BCUT2D eigenvalue weighted by atomic mass is 16.7. The third-order valence-electron chi connectivity index (χ3n) is 3.32. The van der Waals surface area contributed by atoms with Crippen molar-refractivity contribution in [3.8, 4) is 11.5 Å². The largest absolute Gasteiger partial charge is 0.493 e. The van der Waals surface area contributed by atoms with E-state index in [4.69, 9.17) is 14.2 Å². The normalized spacial score (nSPS) is 13.4. The van der Waals surface area contributed by atoms with Crippen LogP contribution in [0.4, 0.5) is 0 Å². The van der Waals surface area contributed by atoms with E-state index in [9.17, 15) is 5.11 Å². The van der Waals surface area contributed by atoms with Crippen molar-refractivity contribution in [1.29, 1.82) is 0 Å². The fourth-order valence-electron chi connectivity index (χ4n) is 1.92. The van der Waals surface area contributed by atoms with Crippen molar-refractivity contribution in [2.45, 2.75) is 33.5 Å². The summed E-state index contributed by atoms with van der Waals surface area (Å²) in [4.78, 5) is 0. The summed E-state index contributed by atoms with van der Waals surface area (Å²) in [5, 5.41) is 9.41. The van der Waals surface area contributed by atoms with Crippen molar-refractivity contribution in [2.75, 3.05) is 20.8 Å². The minimum Gasteiger partial charge on any atom is -0.493 e. The maximum Gasteiger partial charge on any atom is 0.199 e. The van der Waals surface area contributed by atoms with Gasteiger partial charge in [0.25, 0.3) is 0 Å². The van der Waals surface area contributed by atoms with Gasteiger partial charge in [-0.25, -0.2) is 0 Å². The van der Waals surface area contributed by atoms with Crippen molar-refractivity contribution in [1.82, 2.24) is 0 Å². The van der Waals surface area contributed by atoms with Crippen LogP contribution in [0.3, 0.4) is 0 Å². The maximum atomic E-state index is 9.41. The second-order valence-electron chi connectivity index (χ2n) is 5.13. The van der Waals surface area contributed by atoms with Gasteiger partial charge in [0.2, 0.25) is 0 Å². The van der Waals surface area contributed by atoms with Crippen LogP contribution in [0, 0.1) is 5.92 Å². The van der Waals surface area contributed by atoms with Crippen LogP contribution in [-0.2, 0) is 4.74 Å². The summed E-state index contributed by atoms with van der Waals surface area (Å²) in [7, 11) is 3.23. The van der Waals surface area contributed by atoms with Crippen LogP contribution < -0.4 is 9.47 Å². The quantitative estimate of drug-likeness (QED) is 0.746. The molecule has 118 valence electrons. The number of methoxy groups -OCH3 is 2. The average Bonchev–Trinajstić information content (AvgIpc) is 2.49. The predicted molar refractivity (Wildman–Crippen MR) is 84.6 cm³/mol. The topological polar surface area (TPSA) is 47.9 Å². The minimum absolute atomic E-state index is 0.0511. The van der Waals surface area contributed by atoms with Gasteiger partial charge in [-0.3, -0.25) is 0 Å². The van der Waals surface area contributed by atoms with E-state index in [0.29, 0.717) is 17.4 Å². The molecule has 1 aromatic carbocycles. The number of rotatable bonds is 8. The molecule has 4 nitrogen and oxygen atoms in total. The van der Waals surface area contributed by atoms with Gasteiger partial charge in [0, 0.05) is 13.5 Å². The van der Waals surface area contributed by atoms with Crippen LogP contribution in [-0.4, -0.2) is 32.2 Å². The molecule has 0 aliphatic rings. The highest BCUT2D eigenvalue weighted by Crippen LogP contribution is 2.30. The van der Waals surface area contributed by atoms with Crippen molar-refractivity contribution < 1.29 is 19.3 Å². The van der Waals surface area contributed by atoms with E-state index in [1.54, 1.807) is 14.2 Å². The summed E-state index contributed by atoms with van der Waals surface area (Å²) < 4.78 is 16.4. The zero-order chi connectivity index (χ0) is 15.8. The van der Waals surface area contributed by atoms with Gasteiger partial charge in [0.1, 0.15) is 0 Å². The third kappa shape index (κ3) is 5.06. The van der Waals surface area contributed by atoms with Crippen molar-refractivity contribution in [2.24, 2.45) is 5.92 Å². The van der Waals surface area contributed by atoms with Gasteiger partial charge in [0.15, 0.2) is 17.8 Å². The van der Waals surface area contributed by atoms with E-state index in [-0.39, 0.29) is 12.9 Å². The van der Waals surface area contributed by atoms with Gasteiger partial charge < -0.3 is 19.3 Å². The third-order valence-corrected chi connectivity index (χ3v) is 3.32. The van der Waals surface area contributed by atoms with E-state index in [0.717, 1.165) is 17.6 Å². The molecule has 21 heavy (non-hydrogen) atoms. The summed E-state index contributed by atoms with van der Waals surface area (Å²) in [6, 6.07) is 5.70. The van der Waals surface area contributed by atoms with Crippen LogP contribution in [0.15, 0.2) is 23.8 Å². The highest BCUT2D eigenvalue weighted by Gasteiger charge is 2.12. The summed E-state index contributed by atoms with van der Waals surface area (Å²) >= 11 is 0. The number of aliphatic hydroxyl groups is 1. The molecule has 0 aromatic heterocycles. The molecule has 0 aliphatic heterocycles. The Morgan fingerprint density at radius 3 is 2.43 bits per heavy atom. The summed E-state index contributed by atoms with van der Waals surface area (Å²) in [6.07, 6.45) is 2.42. The lowest BCUT2D eigenvalue weighted by Gasteiger charge is -2.18. The van der Waals surface area contributed by atoms with Crippen LogP contribution in [0.5, 0.6) is 11.5 Å². The SMILES string of the molecule is CCC(OC)Oc1cc(C=C(CO)C(C)C)ccc1OC. The minimum atomic E-state index is -0.305. The standard InChI is InChI=1S/C17H26O4/c1-6-17(20-5)21-16-10-13(7-8-15(16)19-4)9-14(11-18)12(2)3/h7-10,12,17-18H,6,11H2,1-5H3. The van der Waals surface area contributed by atoms with Crippen molar-refractivity contribution in [3.63, 3.8) is 0 Å². The van der Waals surface area contributed by atoms with Gasteiger partial charge >= 0.3 is 0 Å². The molecule has 0 saturated heterocycles. The molecule has 1 unspecified atom stereocenters. The average molecular weight is 294 g/mol. The molecule has 1 aromatic rings. The Kier molecular flexibility index (Phi) is 7.26. The van der Waals surface area contributed by atoms with E-state index in [1.165, 1.54) is 0 Å². The zero-order valence-corrected chi connectivity index (χ0v) is 13.6. The lowest BCUT2D eigenvalue weighted by Crippen LogP contribution is -2.17. The first-order valence-corrected chi connectivity index (χ1v) is 7.24. The summed E-state index contributed by atoms with van der Waals surface area (Å²) in [5.74, 6) is 1.60. The Morgan fingerprint density at radius 2 is 1.95 bits per heavy atom. The molecule has 4 heteroatoms. The summed E-state index contributed by atoms with van der Waals surface area (Å²) in [6.45, 7) is 6.16. The van der Waals surface area contributed by atoms with Crippen molar-refractivity contribution >= 4 is 6.08 Å². The molecule has 1 atom stereocenters. The lowest BCUT2D eigenvalue weighted by molar-refractivity contribution is -0.0559. The second kappa shape index (κ2) is 8.70. The Labute approximate surface area is 127 Å². The molecule has 0 bridgehead atoms. The van der Waals surface area contributed by atoms with Gasteiger partial charge in [-0.15, -0.1) is 0 Å². The Hall–Kier alpha value is -1.52. The van der Waals surface area contributed by atoms with Gasteiger partial charge in [-0.1, -0.05) is 32.9 Å². The molecule has 0 spiro atoms. The Bertz CT molecular complexity index is 462. The van der Waals surface area contributed by atoms with E-state index >= 15 is 0 Å². The monoisotopic (exact) mass is 294 g/mol. The van der Waals surface area contributed by atoms with Crippen LogP contribution in [0.2, 0.25) is 0 Å². The second-order valence-corrected chi connectivity index (χ2v) is 5.13. The molecule has 1 N–H and O–H groups in total. The molecule has 1 rings (SSSR count). The first-order chi connectivity index (χ1) is 10.0. The Morgan fingerprint density at radius 1 is 1.24 bits per heavy atom. The smallest absolute Gasteiger partial charge is 0.199 e. The first-order valence-electron chi connectivity index (χ1n) is 7.24. The van der Waals surface area contributed by atoms with E-state index in [1.807, 2.05) is 31.2 Å². The van der Waals surface area contributed by atoms with Crippen LogP contribution in [0.25, 0.3) is 6.08 Å². The maximum absolute atomic E-state index is 9.41. The number of hydrogen-bond donors (Lipinski definition) is 1. The van der Waals surface area contributed by atoms with E-state index in [2.05, 4.69) is 13.8 Å². The highest BCUT2D eigenvalue weighted by molar-refractivity contribution is 5.58. The first kappa shape index (κ1) is 17.5. The van der Waals surface area contributed by atoms with Crippen LogP contribution >= 0.6 is 0 Å². The predicted octanol–water partition coefficient (Wildman–Crippen LogP) is 3.49. The molecule has 0 saturated carbocycles. The molecule has 0 amide bonds. The number of aliphatic hydroxyl groups excluding tert-OH is 1. The molecule has 0 heterocycles. The van der Waals surface area contributed by atoms with Crippen LogP contribution in [0.1, 0.15) is 32.8 Å². The van der Waals surface area contributed by atoms with Crippen molar-refractivity contribution in [3.05, 3.63) is 29.3 Å². The molecule has 0 fully saturated rings. The fraction of sp³-hybridized carbons (Fsp3) is 0.529. The number of ether oxygens (including phenoxy) is 3. The zero-order valence-electron chi connectivity index (χ0n) is 13.6. The number of hydrogen-bond acceptors (Lipinski definition) is 4. The fourth-order valence-corrected chi connectivity index (χ4v) is 1.92. The van der Waals surface area contributed by atoms with E-state index < -0.39 is 0 Å². The lowest BCUT2D eigenvalue weighted by atomic mass is 10.0. The molecular formula is C17H26O4. The molecule has 0 radical (unpaired) electrons.